The minimum absolute atomic E-state index is 0.0931. The van der Waals surface area contributed by atoms with Crippen LogP contribution >= 0.6 is 23.2 Å². The van der Waals surface area contributed by atoms with E-state index >= 15 is 0 Å². The third-order valence-corrected chi connectivity index (χ3v) is 6.29. The molecular weight excluding hydrogens is 321 g/mol. The number of anilines is 1. The number of nitrogens with one attached hydrogen (secondary N) is 1. The van der Waals surface area contributed by atoms with Crippen LogP contribution in [0, 0.1) is 23.7 Å². The number of benzene rings is 1. The molecule has 3 nitrogen and oxygen atoms in total. The lowest BCUT2D eigenvalue weighted by molar-refractivity contribution is -0.0933. The van der Waals surface area contributed by atoms with E-state index in [1.54, 1.807) is 18.2 Å². The molecule has 0 radical (unpaired) electrons. The van der Waals surface area contributed by atoms with Crippen molar-refractivity contribution in [1.82, 2.24) is 0 Å². The summed E-state index contributed by atoms with van der Waals surface area (Å²) in [6, 6.07) is 5.04. The van der Waals surface area contributed by atoms with Crippen LogP contribution in [-0.2, 0) is 4.74 Å². The number of hydrogen-bond donors (Lipinski definition) is 1. The van der Waals surface area contributed by atoms with Crippen molar-refractivity contribution < 1.29 is 9.53 Å². The van der Waals surface area contributed by atoms with Gasteiger partial charge in [-0.3, -0.25) is 5.32 Å². The Morgan fingerprint density at radius 3 is 2.23 bits per heavy atom. The van der Waals surface area contributed by atoms with E-state index in [1.807, 2.05) is 0 Å². The molecule has 1 aromatic rings. The molecule has 1 aromatic carbocycles. The quantitative estimate of drug-likeness (QED) is 0.786. The van der Waals surface area contributed by atoms with E-state index in [-0.39, 0.29) is 12.2 Å². The molecule has 4 saturated carbocycles. The average Bonchev–Trinajstić information content (AvgIpc) is 2.46. The van der Waals surface area contributed by atoms with Crippen molar-refractivity contribution in [3.63, 3.8) is 0 Å². The molecule has 22 heavy (non-hydrogen) atoms. The van der Waals surface area contributed by atoms with Gasteiger partial charge in [0.15, 0.2) is 0 Å². The Balaban J connectivity index is 1.41. The largest absolute Gasteiger partial charge is 0.445 e. The molecular formula is C17H19Cl2NO2. The number of amides is 1. The van der Waals surface area contributed by atoms with Gasteiger partial charge in [0.25, 0.3) is 0 Å². The summed E-state index contributed by atoms with van der Waals surface area (Å²) in [5.74, 6) is 2.88. The van der Waals surface area contributed by atoms with Crippen LogP contribution in [0.25, 0.3) is 0 Å². The molecule has 0 spiro atoms. The fourth-order valence-corrected chi connectivity index (χ4v) is 5.21. The second kappa shape index (κ2) is 5.61. The van der Waals surface area contributed by atoms with Crippen molar-refractivity contribution in [3.8, 4) is 0 Å². The molecule has 4 aliphatic carbocycles. The van der Waals surface area contributed by atoms with E-state index in [2.05, 4.69) is 5.32 Å². The summed E-state index contributed by atoms with van der Waals surface area (Å²) in [5, 5.41) is 3.66. The molecule has 0 saturated heterocycles. The summed E-state index contributed by atoms with van der Waals surface area (Å²) in [6.45, 7) is 0. The van der Waals surface area contributed by atoms with Gasteiger partial charge in [0.05, 0.1) is 10.0 Å². The first kappa shape index (κ1) is 14.6. The van der Waals surface area contributed by atoms with Crippen molar-refractivity contribution in [2.24, 2.45) is 23.7 Å². The third-order valence-electron chi connectivity index (χ3n) is 5.55. The van der Waals surface area contributed by atoms with Gasteiger partial charge in [-0.25, -0.2) is 4.79 Å². The lowest BCUT2D eigenvalue weighted by Crippen LogP contribution is -2.50. The van der Waals surface area contributed by atoms with E-state index < -0.39 is 0 Å². The Morgan fingerprint density at radius 1 is 1.00 bits per heavy atom. The fraction of sp³-hybridized carbons (Fsp3) is 0.588. The second-order valence-electron chi connectivity index (χ2n) is 7.05. The van der Waals surface area contributed by atoms with E-state index in [0.29, 0.717) is 27.6 Å². The van der Waals surface area contributed by atoms with Crippen molar-refractivity contribution in [2.45, 2.75) is 38.2 Å². The van der Waals surface area contributed by atoms with E-state index in [4.69, 9.17) is 27.9 Å². The Labute approximate surface area is 140 Å². The summed E-state index contributed by atoms with van der Waals surface area (Å²) in [6.07, 6.45) is 6.05. The molecule has 5 rings (SSSR count). The first-order valence-electron chi connectivity index (χ1n) is 8.01. The highest BCUT2D eigenvalue weighted by Crippen LogP contribution is 2.54. The Morgan fingerprint density at radius 2 is 1.64 bits per heavy atom. The van der Waals surface area contributed by atoms with Crippen molar-refractivity contribution >= 4 is 35.0 Å². The monoisotopic (exact) mass is 339 g/mol. The predicted molar refractivity (Wildman–Crippen MR) is 87.4 cm³/mol. The molecule has 4 fully saturated rings. The number of ether oxygens (including phenoxy) is 1. The molecule has 0 unspecified atom stereocenters. The molecule has 118 valence electrons. The molecule has 4 aliphatic rings. The van der Waals surface area contributed by atoms with Crippen LogP contribution in [0.1, 0.15) is 32.1 Å². The highest BCUT2D eigenvalue weighted by molar-refractivity contribution is 6.42. The lowest BCUT2D eigenvalue weighted by Gasteiger charge is -2.53. The first-order valence-corrected chi connectivity index (χ1v) is 8.77. The molecule has 5 heteroatoms. The van der Waals surface area contributed by atoms with Crippen LogP contribution in [0.2, 0.25) is 10.0 Å². The van der Waals surface area contributed by atoms with Gasteiger partial charge in [-0.2, -0.15) is 0 Å². The summed E-state index contributed by atoms with van der Waals surface area (Å²) in [7, 11) is 0. The highest BCUT2D eigenvalue weighted by Gasteiger charge is 2.49. The normalized spacial score (nSPS) is 35.5. The standard InChI is InChI=1S/C17H19Cl2NO2/c18-14-2-1-13(8-15(14)19)20-17(21)22-16-11-4-9-3-10(6-11)7-12(16)5-9/h1-2,8-12,16H,3-7H2,(H,20,21). The topological polar surface area (TPSA) is 38.3 Å². The Hall–Kier alpha value is -0.930. The zero-order chi connectivity index (χ0) is 15.3. The smallest absolute Gasteiger partial charge is 0.411 e. The maximum Gasteiger partial charge on any atom is 0.411 e. The van der Waals surface area contributed by atoms with Crippen LogP contribution in [0.4, 0.5) is 10.5 Å². The molecule has 0 aromatic heterocycles. The number of carbonyl (C=O) groups excluding carboxylic acids is 1. The molecule has 0 heterocycles. The maximum absolute atomic E-state index is 12.2. The van der Waals surface area contributed by atoms with Crippen molar-refractivity contribution in [2.75, 3.05) is 5.32 Å². The number of carbonyl (C=O) groups is 1. The maximum atomic E-state index is 12.2. The summed E-state index contributed by atoms with van der Waals surface area (Å²) < 4.78 is 5.78. The van der Waals surface area contributed by atoms with Crippen LogP contribution in [0.3, 0.4) is 0 Å². The van der Waals surface area contributed by atoms with E-state index in [9.17, 15) is 4.79 Å². The zero-order valence-corrected chi connectivity index (χ0v) is 13.7. The summed E-state index contributed by atoms with van der Waals surface area (Å²) in [4.78, 5) is 12.2. The van der Waals surface area contributed by atoms with Gasteiger partial charge in [-0.15, -0.1) is 0 Å². The average molecular weight is 340 g/mol. The Bertz CT molecular complexity index is 576. The number of rotatable bonds is 2. The molecule has 1 amide bonds. The first-order chi connectivity index (χ1) is 10.6. The molecule has 0 aliphatic heterocycles. The minimum Gasteiger partial charge on any atom is -0.445 e. The third kappa shape index (κ3) is 2.69. The van der Waals surface area contributed by atoms with Gasteiger partial charge >= 0.3 is 6.09 Å². The second-order valence-corrected chi connectivity index (χ2v) is 7.87. The lowest BCUT2D eigenvalue weighted by atomic mass is 9.55. The number of hydrogen-bond acceptors (Lipinski definition) is 2. The Kier molecular flexibility index (Phi) is 3.74. The van der Waals surface area contributed by atoms with Crippen LogP contribution < -0.4 is 5.32 Å². The van der Waals surface area contributed by atoms with Crippen LogP contribution in [0.5, 0.6) is 0 Å². The van der Waals surface area contributed by atoms with Gasteiger partial charge in [0, 0.05) is 5.69 Å². The van der Waals surface area contributed by atoms with Crippen molar-refractivity contribution in [3.05, 3.63) is 28.2 Å². The molecule has 1 N–H and O–H groups in total. The van der Waals surface area contributed by atoms with Gasteiger partial charge in [0.2, 0.25) is 0 Å². The molecule has 4 bridgehead atoms. The van der Waals surface area contributed by atoms with E-state index in [0.717, 1.165) is 11.8 Å². The van der Waals surface area contributed by atoms with Crippen LogP contribution in [0.15, 0.2) is 18.2 Å². The SMILES string of the molecule is O=C(Nc1ccc(Cl)c(Cl)c1)OC1C2CC3CC(C2)CC1C3. The summed E-state index contributed by atoms with van der Waals surface area (Å²) >= 11 is 11.8. The fourth-order valence-electron chi connectivity index (χ4n) is 4.91. The van der Waals surface area contributed by atoms with Gasteiger partial charge < -0.3 is 4.74 Å². The number of halogens is 2. The van der Waals surface area contributed by atoms with Crippen molar-refractivity contribution in [1.29, 1.82) is 0 Å². The van der Waals surface area contributed by atoms with E-state index in [1.165, 1.54) is 32.1 Å². The molecule has 0 atom stereocenters. The van der Waals surface area contributed by atoms with Gasteiger partial charge in [-0.05, 0) is 74.0 Å². The summed E-state index contributed by atoms with van der Waals surface area (Å²) in [5.41, 5.74) is 0.614. The predicted octanol–water partition coefficient (Wildman–Crippen LogP) is 5.37. The van der Waals surface area contributed by atoms with Gasteiger partial charge in [-0.1, -0.05) is 23.2 Å². The zero-order valence-electron chi connectivity index (χ0n) is 12.2. The van der Waals surface area contributed by atoms with Gasteiger partial charge in [0.1, 0.15) is 6.10 Å². The van der Waals surface area contributed by atoms with Crippen LogP contribution in [-0.4, -0.2) is 12.2 Å². The highest BCUT2D eigenvalue weighted by atomic mass is 35.5. The minimum atomic E-state index is -0.379.